The summed E-state index contributed by atoms with van der Waals surface area (Å²) in [4.78, 5) is 24.9. The van der Waals surface area contributed by atoms with Crippen LogP contribution in [-0.4, -0.2) is 17.9 Å². The van der Waals surface area contributed by atoms with E-state index in [1.807, 2.05) is 17.5 Å². The molecule has 1 aliphatic rings. The first-order valence-electron chi connectivity index (χ1n) is 8.12. The molecule has 0 unspecified atom stereocenters. The minimum Gasteiger partial charge on any atom is -0.327 e. The number of halogens is 1. The number of carbonyl (C=O) groups excluding carboxylic acids is 2. The smallest absolute Gasteiger partial charge is 0.265 e. The lowest BCUT2D eigenvalue weighted by Crippen LogP contribution is -2.28. The molecule has 0 bridgehead atoms. The number of rotatable bonds is 5. The van der Waals surface area contributed by atoms with E-state index in [9.17, 15) is 9.59 Å². The molecule has 1 aromatic carbocycles. The van der Waals surface area contributed by atoms with E-state index in [4.69, 9.17) is 5.73 Å². The van der Waals surface area contributed by atoms with E-state index in [0.29, 0.717) is 22.7 Å². The third kappa shape index (κ3) is 5.29. The van der Waals surface area contributed by atoms with Gasteiger partial charge >= 0.3 is 0 Å². The molecule has 134 valence electrons. The molecule has 7 heteroatoms. The summed E-state index contributed by atoms with van der Waals surface area (Å²) in [5.74, 6) is 0.0937. The van der Waals surface area contributed by atoms with Crippen molar-refractivity contribution in [2.24, 2.45) is 11.7 Å². The van der Waals surface area contributed by atoms with Gasteiger partial charge in [-0.05, 0) is 48.4 Å². The van der Waals surface area contributed by atoms with Gasteiger partial charge in [-0.15, -0.1) is 23.7 Å². The first-order valence-corrected chi connectivity index (χ1v) is 9.00. The van der Waals surface area contributed by atoms with Crippen LogP contribution in [0.2, 0.25) is 0 Å². The SMILES string of the molecule is Cl.N[C@@H]1CCC[C@H]1CC(=O)Nc1cccc(NC(=O)c2cccs2)c1. The van der Waals surface area contributed by atoms with Crippen LogP contribution in [0.15, 0.2) is 41.8 Å². The van der Waals surface area contributed by atoms with Gasteiger partial charge in [-0.1, -0.05) is 18.6 Å². The Bertz CT molecular complexity index is 721. The summed E-state index contributed by atoms with van der Waals surface area (Å²) in [6.45, 7) is 0. The van der Waals surface area contributed by atoms with Crippen LogP contribution < -0.4 is 16.4 Å². The lowest BCUT2D eigenvalue weighted by molar-refractivity contribution is -0.117. The monoisotopic (exact) mass is 379 g/mol. The summed E-state index contributed by atoms with van der Waals surface area (Å²) in [7, 11) is 0. The molecule has 4 N–H and O–H groups in total. The highest BCUT2D eigenvalue weighted by atomic mass is 35.5. The van der Waals surface area contributed by atoms with Crippen molar-refractivity contribution in [3.63, 3.8) is 0 Å². The average molecular weight is 380 g/mol. The van der Waals surface area contributed by atoms with Gasteiger partial charge in [-0.3, -0.25) is 9.59 Å². The molecule has 0 radical (unpaired) electrons. The van der Waals surface area contributed by atoms with E-state index < -0.39 is 0 Å². The van der Waals surface area contributed by atoms with Crippen LogP contribution >= 0.6 is 23.7 Å². The second kappa shape index (κ2) is 8.99. The maximum absolute atomic E-state index is 12.2. The molecule has 1 aromatic heterocycles. The second-order valence-corrected chi connectivity index (χ2v) is 7.07. The van der Waals surface area contributed by atoms with Crippen LogP contribution in [0.5, 0.6) is 0 Å². The number of hydrogen-bond donors (Lipinski definition) is 3. The number of nitrogens with two attached hydrogens (primary N) is 1. The lowest BCUT2D eigenvalue weighted by atomic mass is 10.00. The molecule has 1 aliphatic carbocycles. The van der Waals surface area contributed by atoms with E-state index in [2.05, 4.69) is 10.6 Å². The van der Waals surface area contributed by atoms with Crippen molar-refractivity contribution >= 4 is 46.9 Å². The Balaban J connectivity index is 0.00000225. The Morgan fingerprint density at radius 2 is 1.88 bits per heavy atom. The molecule has 2 aromatic rings. The summed E-state index contributed by atoms with van der Waals surface area (Å²) in [6, 6.07) is 10.9. The van der Waals surface area contributed by atoms with Gasteiger partial charge in [0.2, 0.25) is 5.91 Å². The van der Waals surface area contributed by atoms with Gasteiger partial charge in [0.05, 0.1) is 4.88 Å². The number of nitrogens with one attached hydrogen (secondary N) is 2. The Labute approximate surface area is 157 Å². The van der Waals surface area contributed by atoms with Crippen LogP contribution in [-0.2, 0) is 4.79 Å². The number of hydrogen-bond acceptors (Lipinski definition) is 4. The lowest BCUT2D eigenvalue weighted by Gasteiger charge is -2.15. The molecule has 2 amide bonds. The molecule has 0 spiro atoms. The molecule has 2 atom stereocenters. The third-order valence-electron chi connectivity index (χ3n) is 4.31. The standard InChI is InChI=1S/C18H21N3O2S.ClH/c19-15-7-1-4-12(15)10-17(22)20-13-5-2-6-14(11-13)21-18(23)16-8-3-9-24-16;/h2-3,5-6,8-9,11-12,15H,1,4,7,10,19H2,(H,20,22)(H,21,23);1H/t12-,15+;/m0./s1. The number of anilines is 2. The number of thiophene rings is 1. The van der Waals surface area contributed by atoms with Crippen LogP contribution in [0.25, 0.3) is 0 Å². The molecule has 1 saturated carbocycles. The summed E-state index contributed by atoms with van der Waals surface area (Å²) in [5.41, 5.74) is 7.35. The predicted molar refractivity (Wildman–Crippen MR) is 105 cm³/mol. The van der Waals surface area contributed by atoms with Gasteiger partial charge in [-0.2, -0.15) is 0 Å². The molecule has 25 heavy (non-hydrogen) atoms. The van der Waals surface area contributed by atoms with Gasteiger partial charge < -0.3 is 16.4 Å². The van der Waals surface area contributed by atoms with E-state index in [1.165, 1.54) is 11.3 Å². The topological polar surface area (TPSA) is 84.2 Å². The maximum Gasteiger partial charge on any atom is 0.265 e. The molecule has 5 nitrogen and oxygen atoms in total. The molecular weight excluding hydrogens is 358 g/mol. The summed E-state index contributed by atoms with van der Waals surface area (Å²) in [6.07, 6.45) is 3.57. The predicted octanol–water partition coefficient (Wildman–Crippen LogP) is 3.88. The minimum absolute atomic E-state index is 0. The van der Waals surface area contributed by atoms with Crippen molar-refractivity contribution in [3.05, 3.63) is 46.7 Å². The van der Waals surface area contributed by atoms with Crippen molar-refractivity contribution in [2.75, 3.05) is 10.6 Å². The van der Waals surface area contributed by atoms with Gasteiger partial charge in [0.25, 0.3) is 5.91 Å². The highest BCUT2D eigenvalue weighted by Crippen LogP contribution is 2.27. The molecule has 3 rings (SSSR count). The Kier molecular flexibility index (Phi) is 6.99. The van der Waals surface area contributed by atoms with Crippen molar-refractivity contribution in [1.82, 2.24) is 0 Å². The van der Waals surface area contributed by atoms with Gasteiger partial charge in [0, 0.05) is 23.8 Å². The zero-order chi connectivity index (χ0) is 16.9. The summed E-state index contributed by atoms with van der Waals surface area (Å²) >= 11 is 1.39. The van der Waals surface area contributed by atoms with Gasteiger partial charge in [0.1, 0.15) is 0 Å². The van der Waals surface area contributed by atoms with E-state index in [-0.39, 0.29) is 36.2 Å². The fourth-order valence-electron chi connectivity index (χ4n) is 3.04. The molecule has 1 fully saturated rings. The molecule has 0 saturated heterocycles. The van der Waals surface area contributed by atoms with Gasteiger partial charge in [0.15, 0.2) is 0 Å². The van der Waals surface area contributed by atoms with E-state index in [0.717, 1.165) is 19.3 Å². The Morgan fingerprint density at radius 3 is 2.52 bits per heavy atom. The van der Waals surface area contributed by atoms with Crippen LogP contribution in [0, 0.1) is 5.92 Å². The highest BCUT2D eigenvalue weighted by Gasteiger charge is 2.26. The normalized spacial score (nSPS) is 19.1. The average Bonchev–Trinajstić information content (AvgIpc) is 3.20. The van der Waals surface area contributed by atoms with Crippen molar-refractivity contribution in [3.8, 4) is 0 Å². The molecule has 1 heterocycles. The van der Waals surface area contributed by atoms with Crippen LogP contribution in [0.3, 0.4) is 0 Å². The van der Waals surface area contributed by atoms with Crippen LogP contribution in [0.4, 0.5) is 11.4 Å². The molecule has 0 aliphatic heterocycles. The largest absolute Gasteiger partial charge is 0.327 e. The Hall–Kier alpha value is -1.89. The Morgan fingerprint density at radius 1 is 1.12 bits per heavy atom. The third-order valence-corrected chi connectivity index (χ3v) is 5.18. The van der Waals surface area contributed by atoms with Crippen LogP contribution in [0.1, 0.15) is 35.4 Å². The fraction of sp³-hybridized carbons (Fsp3) is 0.333. The molecular formula is C18H22ClN3O2S. The quantitative estimate of drug-likeness (QED) is 0.737. The van der Waals surface area contributed by atoms with Crippen molar-refractivity contribution in [1.29, 1.82) is 0 Å². The zero-order valence-electron chi connectivity index (χ0n) is 13.7. The second-order valence-electron chi connectivity index (χ2n) is 6.12. The maximum atomic E-state index is 12.2. The number of amides is 2. The first kappa shape index (κ1) is 19.4. The minimum atomic E-state index is -0.148. The van der Waals surface area contributed by atoms with Crippen molar-refractivity contribution < 1.29 is 9.59 Å². The summed E-state index contributed by atoms with van der Waals surface area (Å²) < 4.78 is 0. The van der Waals surface area contributed by atoms with Gasteiger partial charge in [-0.25, -0.2) is 0 Å². The summed E-state index contributed by atoms with van der Waals surface area (Å²) in [5, 5.41) is 7.59. The zero-order valence-corrected chi connectivity index (χ0v) is 15.4. The number of carbonyl (C=O) groups is 2. The fourth-order valence-corrected chi connectivity index (χ4v) is 3.66. The van der Waals surface area contributed by atoms with Crippen molar-refractivity contribution in [2.45, 2.75) is 31.7 Å². The van der Waals surface area contributed by atoms with E-state index in [1.54, 1.807) is 24.3 Å². The van der Waals surface area contributed by atoms with E-state index >= 15 is 0 Å². The highest BCUT2D eigenvalue weighted by molar-refractivity contribution is 7.12. The first-order chi connectivity index (χ1) is 11.6. The number of benzene rings is 1.